The van der Waals surface area contributed by atoms with Gasteiger partial charge in [-0.05, 0) is 5.92 Å². The number of aliphatic hydroxyl groups is 1. The third kappa shape index (κ3) is 4.85. The first kappa shape index (κ1) is 14.2. The van der Waals surface area contributed by atoms with Gasteiger partial charge in [0.25, 0.3) is 0 Å². The molecule has 0 aromatic carbocycles. The first-order chi connectivity index (χ1) is 8.17. The Morgan fingerprint density at radius 2 is 2.29 bits per heavy atom. The molecule has 0 amide bonds. The monoisotopic (exact) mass is 241 g/mol. The quantitative estimate of drug-likeness (QED) is 0.701. The van der Waals surface area contributed by atoms with Crippen molar-refractivity contribution in [1.82, 2.24) is 15.1 Å². The van der Waals surface area contributed by atoms with Crippen LogP contribution < -0.4 is 5.32 Å². The van der Waals surface area contributed by atoms with Gasteiger partial charge in [-0.1, -0.05) is 13.8 Å². The van der Waals surface area contributed by atoms with Crippen LogP contribution in [0.1, 0.15) is 19.4 Å². The van der Waals surface area contributed by atoms with E-state index in [0.29, 0.717) is 25.1 Å². The van der Waals surface area contributed by atoms with Crippen molar-refractivity contribution in [3.63, 3.8) is 0 Å². The molecule has 1 aromatic heterocycles. The Morgan fingerprint density at radius 1 is 1.53 bits per heavy atom. The summed E-state index contributed by atoms with van der Waals surface area (Å²) in [6.45, 7) is 6.50. The summed E-state index contributed by atoms with van der Waals surface area (Å²) in [5.74, 6) is 0.530. The third-order valence-electron chi connectivity index (χ3n) is 2.74. The molecule has 1 unspecified atom stereocenters. The number of methoxy groups -OCH3 is 1. The van der Waals surface area contributed by atoms with Gasteiger partial charge in [-0.3, -0.25) is 4.68 Å². The van der Waals surface area contributed by atoms with Crippen molar-refractivity contribution in [3.8, 4) is 0 Å². The summed E-state index contributed by atoms with van der Waals surface area (Å²) in [5, 5.41) is 16.4. The zero-order valence-electron chi connectivity index (χ0n) is 10.9. The lowest BCUT2D eigenvalue weighted by Gasteiger charge is -2.21. The number of hydrogen-bond acceptors (Lipinski definition) is 4. The van der Waals surface area contributed by atoms with Crippen molar-refractivity contribution in [2.75, 3.05) is 20.3 Å². The van der Waals surface area contributed by atoms with Crippen molar-refractivity contribution in [3.05, 3.63) is 18.0 Å². The topological polar surface area (TPSA) is 59.3 Å². The molecule has 1 atom stereocenters. The van der Waals surface area contributed by atoms with Gasteiger partial charge in [-0.2, -0.15) is 5.10 Å². The molecule has 0 fully saturated rings. The number of nitrogens with zero attached hydrogens (tertiary/aromatic N) is 2. The normalized spacial score (nSPS) is 13.2. The van der Waals surface area contributed by atoms with Crippen LogP contribution in [0, 0.1) is 5.92 Å². The van der Waals surface area contributed by atoms with Gasteiger partial charge in [0.2, 0.25) is 0 Å². The van der Waals surface area contributed by atoms with Gasteiger partial charge in [-0.25, -0.2) is 0 Å². The molecule has 0 aliphatic carbocycles. The van der Waals surface area contributed by atoms with E-state index in [9.17, 15) is 0 Å². The standard InChI is InChI=1S/C12H23N3O2/c1-10(2)12(9-17-3)13-6-11-7-14-15(8-11)4-5-16/h7-8,10,12-13,16H,4-6,9H2,1-3H3. The average molecular weight is 241 g/mol. The van der Waals surface area contributed by atoms with Crippen molar-refractivity contribution in [1.29, 1.82) is 0 Å². The summed E-state index contributed by atoms with van der Waals surface area (Å²) in [5.41, 5.74) is 1.13. The maximum absolute atomic E-state index is 8.80. The molecule has 1 rings (SSSR count). The Balaban J connectivity index is 2.41. The van der Waals surface area contributed by atoms with Gasteiger partial charge in [0, 0.05) is 31.5 Å². The molecule has 2 N–H and O–H groups in total. The Morgan fingerprint density at radius 3 is 2.88 bits per heavy atom. The van der Waals surface area contributed by atoms with Crippen molar-refractivity contribution in [2.45, 2.75) is 33.0 Å². The van der Waals surface area contributed by atoms with Gasteiger partial charge >= 0.3 is 0 Å². The van der Waals surface area contributed by atoms with Crippen molar-refractivity contribution >= 4 is 0 Å². The van der Waals surface area contributed by atoms with Crippen LogP contribution in [0.3, 0.4) is 0 Å². The predicted molar refractivity (Wildman–Crippen MR) is 66.7 cm³/mol. The third-order valence-corrected chi connectivity index (χ3v) is 2.74. The molecule has 0 bridgehead atoms. The highest BCUT2D eigenvalue weighted by molar-refractivity contribution is 5.03. The maximum atomic E-state index is 8.80. The van der Waals surface area contributed by atoms with Gasteiger partial charge < -0.3 is 15.2 Å². The fraction of sp³-hybridized carbons (Fsp3) is 0.750. The smallest absolute Gasteiger partial charge is 0.0640 e. The highest BCUT2D eigenvalue weighted by Gasteiger charge is 2.12. The van der Waals surface area contributed by atoms with E-state index in [2.05, 4.69) is 24.3 Å². The summed E-state index contributed by atoms with van der Waals surface area (Å²) >= 11 is 0. The second kappa shape index (κ2) is 7.42. The van der Waals surface area contributed by atoms with E-state index in [4.69, 9.17) is 9.84 Å². The molecule has 0 aliphatic heterocycles. The summed E-state index contributed by atoms with van der Waals surface area (Å²) in [6.07, 6.45) is 3.78. The van der Waals surface area contributed by atoms with E-state index in [1.54, 1.807) is 11.8 Å². The molecule has 0 aliphatic rings. The zero-order chi connectivity index (χ0) is 12.7. The summed E-state index contributed by atoms with van der Waals surface area (Å²) in [4.78, 5) is 0. The van der Waals surface area contributed by atoms with E-state index in [1.165, 1.54) is 0 Å². The largest absolute Gasteiger partial charge is 0.394 e. The Labute approximate surface area is 103 Å². The van der Waals surface area contributed by atoms with Crippen LogP contribution in [0.4, 0.5) is 0 Å². The molecule has 5 heteroatoms. The lowest BCUT2D eigenvalue weighted by atomic mass is 10.1. The van der Waals surface area contributed by atoms with E-state index in [-0.39, 0.29) is 6.61 Å². The molecule has 17 heavy (non-hydrogen) atoms. The van der Waals surface area contributed by atoms with Crippen molar-refractivity contribution < 1.29 is 9.84 Å². The number of nitrogens with one attached hydrogen (secondary N) is 1. The van der Waals surface area contributed by atoms with Crippen LogP contribution in [-0.2, 0) is 17.8 Å². The second-order valence-corrected chi connectivity index (χ2v) is 4.52. The summed E-state index contributed by atoms with van der Waals surface area (Å²) in [7, 11) is 1.72. The van der Waals surface area contributed by atoms with E-state index in [1.807, 2.05) is 12.4 Å². The van der Waals surface area contributed by atoms with Crippen LogP contribution >= 0.6 is 0 Å². The van der Waals surface area contributed by atoms with Gasteiger partial charge in [-0.15, -0.1) is 0 Å². The molecular formula is C12H23N3O2. The summed E-state index contributed by atoms with van der Waals surface area (Å²) < 4.78 is 6.93. The SMILES string of the molecule is COCC(NCc1cnn(CCO)c1)C(C)C. The fourth-order valence-electron chi connectivity index (χ4n) is 1.64. The van der Waals surface area contributed by atoms with Gasteiger partial charge in [0.15, 0.2) is 0 Å². The molecule has 5 nitrogen and oxygen atoms in total. The Bertz CT molecular complexity index is 312. The molecule has 0 saturated heterocycles. The highest BCUT2D eigenvalue weighted by Crippen LogP contribution is 2.04. The second-order valence-electron chi connectivity index (χ2n) is 4.52. The fourth-order valence-corrected chi connectivity index (χ4v) is 1.64. The number of aromatic nitrogens is 2. The maximum Gasteiger partial charge on any atom is 0.0640 e. The molecule has 0 spiro atoms. The number of aliphatic hydroxyl groups excluding tert-OH is 1. The molecule has 0 radical (unpaired) electrons. The first-order valence-electron chi connectivity index (χ1n) is 6.02. The Kier molecular flexibility index (Phi) is 6.18. The number of ether oxygens (including phenoxy) is 1. The predicted octanol–water partition coefficient (Wildman–Crippen LogP) is 0.636. The van der Waals surface area contributed by atoms with E-state index >= 15 is 0 Å². The molecule has 1 heterocycles. The number of rotatable bonds is 8. The minimum atomic E-state index is 0.118. The minimum absolute atomic E-state index is 0.118. The van der Waals surface area contributed by atoms with Gasteiger partial charge in [0.1, 0.15) is 0 Å². The molecule has 0 saturated carbocycles. The molecular weight excluding hydrogens is 218 g/mol. The number of hydrogen-bond donors (Lipinski definition) is 2. The lowest BCUT2D eigenvalue weighted by molar-refractivity contribution is 0.146. The van der Waals surface area contributed by atoms with Crippen LogP contribution in [-0.4, -0.2) is 41.3 Å². The molecule has 1 aromatic rings. The van der Waals surface area contributed by atoms with Crippen LogP contribution in [0.2, 0.25) is 0 Å². The van der Waals surface area contributed by atoms with Crippen LogP contribution in [0.5, 0.6) is 0 Å². The summed E-state index contributed by atoms with van der Waals surface area (Å²) in [6, 6.07) is 0.348. The average Bonchev–Trinajstić information content (AvgIpc) is 2.72. The van der Waals surface area contributed by atoms with Crippen LogP contribution in [0.15, 0.2) is 12.4 Å². The van der Waals surface area contributed by atoms with Crippen LogP contribution in [0.25, 0.3) is 0 Å². The van der Waals surface area contributed by atoms with E-state index < -0.39 is 0 Å². The first-order valence-corrected chi connectivity index (χ1v) is 6.02. The molecule has 98 valence electrons. The minimum Gasteiger partial charge on any atom is -0.394 e. The van der Waals surface area contributed by atoms with E-state index in [0.717, 1.165) is 12.1 Å². The zero-order valence-corrected chi connectivity index (χ0v) is 10.9. The lowest BCUT2D eigenvalue weighted by Crippen LogP contribution is -2.37. The Hall–Kier alpha value is -0.910. The van der Waals surface area contributed by atoms with Crippen molar-refractivity contribution in [2.24, 2.45) is 5.92 Å². The highest BCUT2D eigenvalue weighted by atomic mass is 16.5. The van der Waals surface area contributed by atoms with Gasteiger partial charge in [0.05, 0.1) is 26.0 Å².